The summed E-state index contributed by atoms with van der Waals surface area (Å²) in [5, 5.41) is 3.12. The van der Waals surface area contributed by atoms with Crippen molar-refractivity contribution in [2.24, 2.45) is 0 Å². The lowest BCUT2D eigenvalue weighted by Crippen LogP contribution is -2.26. The second-order valence-corrected chi connectivity index (χ2v) is 13.1. The van der Waals surface area contributed by atoms with Gasteiger partial charge in [0.25, 0.3) is 0 Å². The van der Waals surface area contributed by atoms with Crippen molar-refractivity contribution in [3.05, 3.63) is 125 Å². The molecule has 4 aromatic carbocycles. The summed E-state index contributed by atoms with van der Waals surface area (Å²) >= 11 is 4.00. The van der Waals surface area contributed by atoms with Gasteiger partial charge in [-0.2, -0.15) is 0 Å². The molecule has 0 N–H and O–H groups in total. The lowest BCUT2D eigenvalue weighted by molar-refractivity contribution is 0.371. The predicted octanol–water partition coefficient (Wildman–Crippen LogP) is 6.58. The maximum absolute atomic E-state index is 14.1. The van der Waals surface area contributed by atoms with Crippen LogP contribution in [0, 0.1) is 29.1 Å². The fraction of sp³-hybridized carbons (Fsp3) is 0.0400. The average Bonchev–Trinajstić information content (AvgIpc) is 2.85. The molecule has 4 rings (SSSR count). The summed E-state index contributed by atoms with van der Waals surface area (Å²) < 4.78 is 68.5. The Kier molecular flexibility index (Phi) is 6.45. The number of hydrogen-bond donors (Lipinski definition) is 0. The topological polar surface area (TPSA) is 0 Å². The highest BCUT2D eigenvalue weighted by atomic mass is 79.9. The van der Waals surface area contributed by atoms with Crippen LogP contribution in [-0.4, -0.2) is 0 Å². The van der Waals surface area contributed by atoms with E-state index >= 15 is 0 Å². The first-order valence-electron chi connectivity index (χ1n) is 9.63. The van der Waals surface area contributed by atoms with Crippen molar-refractivity contribution in [2.45, 2.75) is 6.42 Å². The molecule has 0 bridgehead atoms. The van der Waals surface area contributed by atoms with Crippen molar-refractivity contribution in [1.29, 1.82) is 0 Å². The first-order chi connectivity index (χ1) is 15.3. The molecule has 0 aliphatic rings. The molecule has 0 atom stereocenters. The van der Waals surface area contributed by atoms with Crippen LogP contribution in [0.2, 0.25) is 0 Å². The zero-order chi connectivity index (χ0) is 22.9. The standard InChI is InChI=1S/C25H16BrF5P/c26-32(17-7-3-1-4-8-17,18-9-5-2-6-10-18)19-13-11-16(12-14-19)15-20-21(27)23(29)25(31)24(30)22(20)28/h1-14H,15H2/q+1. The first-order valence-corrected chi connectivity index (χ1v) is 13.4. The molecular weight excluding hydrogens is 506 g/mol. The van der Waals surface area contributed by atoms with Crippen LogP contribution in [0.3, 0.4) is 0 Å². The summed E-state index contributed by atoms with van der Waals surface area (Å²) in [6, 6.07) is 26.7. The first kappa shape index (κ1) is 22.6. The van der Waals surface area contributed by atoms with Gasteiger partial charge in [0.1, 0.15) is 15.9 Å². The number of benzene rings is 4. The molecule has 4 aromatic rings. The molecule has 0 saturated heterocycles. The Balaban J connectivity index is 1.75. The lowest BCUT2D eigenvalue weighted by Gasteiger charge is -2.20. The van der Waals surface area contributed by atoms with E-state index in [-0.39, 0.29) is 0 Å². The molecule has 0 nitrogen and oxygen atoms in total. The number of hydrogen-bond acceptors (Lipinski definition) is 0. The van der Waals surface area contributed by atoms with Gasteiger partial charge in [-0.05, 0) is 42.0 Å². The van der Waals surface area contributed by atoms with E-state index in [0.717, 1.165) is 15.9 Å². The molecule has 0 aliphatic carbocycles. The molecule has 0 heterocycles. The van der Waals surface area contributed by atoms with Gasteiger partial charge in [0.15, 0.2) is 44.7 Å². The Morgan fingerprint density at radius 2 is 0.875 bits per heavy atom. The van der Waals surface area contributed by atoms with E-state index < -0.39 is 47.0 Å². The van der Waals surface area contributed by atoms with Crippen LogP contribution >= 0.6 is 21.5 Å². The monoisotopic (exact) mass is 521 g/mol. The third-order valence-electron chi connectivity index (χ3n) is 5.20. The SMILES string of the molecule is Fc1c(F)c(F)c(Cc2ccc([P+](Br)(c3ccccc3)c3ccccc3)cc2)c(F)c1F. The Labute approximate surface area is 190 Å². The van der Waals surface area contributed by atoms with Gasteiger partial charge in [0.05, 0.1) is 0 Å². The van der Waals surface area contributed by atoms with Gasteiger partial charge in [0.2, 0.25) is 5.82 Å². The molecule has 0 saturated carbocycles. The summed E-state index contributed by atoms with van der Waals surface area (Å²) in [7, 11) is 0. The van der Waals surface area contributed by atoms with E-state index in [4.69, 9.17) is 0 Å². The van der Waals surface area contributed by atoms with Crippen molar-refractivity contribution >= 4 is 37.4 Å². The third kappa shape index (κ3) is 3.98. The molecule has 0 radical (unpaired) electrons. The molecular formula is C25H16BrF5P+. The van der Waals surface area contributed by atoms with Crippen LogP contribution in [-0.2, 0) is 6.42 Å². The van der Waals surface area contributed by atoms with E-state index in [1.807, 2.05) is 72.8 Å². The van der Waals surface area contributed by atoms with Crippen LogP contribution in [0.1, 0.15) is 11.1 Å². The quantitative estimate of drug-likeness (QED) is 0.120. The van der Waals surface area contributed by atoms with Gasteiger partial charge in [-0.3, -0.25) is 0 Å². The molecule has 0 spiro atoms. The molecule has 32 heavy (non-hydrogen) atoms. The van der Waals surface area contributed by atoms with Crippen molar-refractivity contribution in [2.75, 3.05) is 0 Å². The number of halogens is 6. The van der Waals surface area contributed by atoms with Gasteiger partial charge in [0, 0.05) is 12.0 Å². The normalized spacial score (nSPS) is 11.6. The van der Waals surface area contributed by atoms with E-state index in [2.05, 4.69) is 15.5 Å². The lowest BCUT2D eigenvalue weighted by atomic mass is 10.0. The van der Waals surface area contributed by atoms with Crippen LogP contribution in [0.4, 0.5) is 22.0 Å². The highest BCUT2D eigenvalue weighted by molar-refractivity contribution is 9.44. The van der Waals surface area contributed by atoms with Crippen LogP contribution < -0.4 is 15.9 Å². The Bertz CT molecular complexity index is 1180. The Morgan fingerprint density at radius 1 is 0.500 bits per heavy atom. The minimum Gasteiger partial charge on any atom is -0.203 e. The van der Waals surface area contributed by atoms with Crippen LogP contribution in [0.15, 0.2) is 84.9 Å². The van der Waals surface area contributed by atoms with Gasteiger partial charge in [-0.25, -0.2) is 22.0 Å². The van der Waals surface area contributed by atoms with E-state index in [0.29, 0.717) is 5.56 Å². The van der Waals surface area contributed by atoms with Gasteiger partial charge in [-0.15, -0.1) is 0 Å². The minimum atomic E-state index is -2.18. The average molecular weight is 522 g/mol. The molecule has 0 unspecified atom stereocenters. The second kappa shape index (κ2) is 9.13. The second-order valence-electron chi connectivity index (χ2n) is 7.15. The molecule has 7 heteroatoms. The fourth-order valence-corrected chi connectivity index (χ4v) is 8.29. The maximum atomic E-state index is 14.1. The molecule has 162 valence electrons. The third-order valence-corrected chi connectivity index (χ3v) is 11.9. The summed E-state index contributed by atoms with van der Waals surface area (Å²) in [4.78, 5) is 0. The van der Waals surface area contributed by atoms with Crippen LogP contribution in [0.5, 0.6) is 0 Å². The zero-order valence-corrected chi connectivity index (χ0v) is 19.0. The maximum Gasteiger partial charge on any atom is 0.200 e. The van der Waals surface area contributed by atoms with Crippen molar-refractivity contribution in [3.8, 4) is 0 Å². The van der Waals surface area contributed by atoms with E-state index in [1.54, 1.807) is 12.1 Å². The van der Waals surface area contributed by atoms with Crippen molar-refractivity contribution in [3.63, 3.8) is 0 Å². The predicted molar refractivity (Wildman–Crippen MR) is 123 cm³/mol. The van der Waals surface area contributed by atoms with Crippen molar-refractivity contribution < 1.29 is 22.0 Å². The summed E-state index contributed by atoms with van der Waals surface area (Å²) in [6.45, 7) is 0. The van der Waals surface area contributed by atoms with Crippen molar-refractivity contribution in [1.82, 2.24) is 0 Å². The van der Waals surface area contributed by atoms with Gasteiger partial charge in [-0.1, -0.05) is 48.5 Å². The zero-order valence-electron chi connectivity index (χ0n) is 16.5. The molecule has 0 fully saturated rings. The number of rotatable bonds is 5. The Hall–Kier alpha value is -2.56. The highest BCUT2D eigenvalue weighted by Gasteiger charge is 2.43. The Morgan fingerprint density at radius 3 is 1.31 bits per heavy atom. The van der Waals surface area contributed by atoms with E-state index in [1.165, 1.54) is 0 Å². The van der Waals surface area contributed by atoms with Gasteiger partial charge >= 0.3 is 0 Å². The minimum absolute atomic E-state index is 0.420. The fourth-order valence-electron chi connectivity index (χ4n) is 3.54. The summed E-state index contributed by atoms with van der Waals surface area (Å²) in [6.07, 6.45) is -0.420. The largest absolute Gasteiger partial charge is 0.203 e. The highest BCUT2D eigenvalue weighted by Crippen LogP contribution is 2.62. The smallest absolute Gasteiger partial charge is 0.200 e. The molecule has 0 aromatic heterocycles. The molecule has 0 amide bonds. The van der Waals surface area contributed by atoms with Crippen LogP contribution in [0.25, 0.3) is 0 Å². The van der Waals surface area contributed by atoms with Gasteiger partial charge < -0.3 is 0 Å². The molecule has 0 aliphatic heterocycles. The summed E-state index contributed by atoms with van der Waals surface area (Å²) in [5.74, 6) is -11.8. The van der Waals surface area contributed by atoms with E-state index in [9.17, 15) is 22.0 Å². The summed E-state index contributed by atoms with van der Waals surface area (Å²) in [5.41, 5.74) is -0.419.